The molecule has 0 fully saturated rings. The van der Waals surface area contributed by atoms with E-state index in [0.29, 0.717) is 12.3 Å². The molecule has 0 aliphatic carbocycles. The third-order valence-electron chi connectivity index (χ3n) is 6.75. The largest absolute Gasteiger partial charge is 0.491 e. The van der Waals surface area contributed by atoms with Crippen LogP contribution >= 0.6 is 0 Å². The molecule has 1 aromatic heterocycles. The van der Waals surface area contributed by atoms with Crippen LogP contribution in [0.1, 0.15) is 35.3 Å². The Labute approximate surface area is 220 Å². The van der Waals surface area contributed by atoms with Crippen molar-refractivity contribution in [2.45, 2.75) is 31.7 Å². The summed E-state index contributed by atoms with van der Waals surface area (Å²) in [5.41, 5.74) is 4.01. The van der Waals surface area contributed by atoms with Crippen molar-refractivity contribution in [2.75, 3.05) is 18.9 Å². The molecule has 3 aromatic carbocycles. The normalized spacial score (nSPS) is 13.5. The van der Waals surface area contributed by atoms with Crippen molar-refractivity contribution in [3.8, 4) is 22.6 Å². The van der Waals surface area contributed by atoms with Crippen LogP contribution in [-0.2, 0) is 22.8 Å². The summed E-state index contributed by atoms with van der Waals surface area (Å²) in [6.07, 6.45) is 3.45. The topological polar surface area (TPSA) is 94.4 Å². The number of fused-ring (bicyclic) bond motifs is 1. The van der Waals surface area contributed by atoms with E-state index in [1.54, 1.807) is 24.5 Å². The van der Waals surface area contributed by atoms with Gasteiger partial charge in [-0.05, 0) is 53.9 Å². The second-order valence-electron chi connectivity index (χ2n) is 8.97. The van der Waals surface area contributed by atoms with Crippen molar-refractivity contribution in [1.29, 1.82) is 0 Å². The van der Waals surface area contributed by atoms with E-state index in [2.05, 4.69) is 10.2 Å². The number of sulfone groups is 1. The summed E-state index contributed by atoms with van der Waals surface area (Å²) in [5.74, 6) is -0.728. The predicted molar refractivity (Wildman–Crippen MR) is 141 cm³/mol. The number of aromatic nitrogens is 3. The molecule has 38 heavy (non-hydrogen) atoms. The molecule has 0 bridgehead atoms. The van der Waals surface area contributed by atoms with Gasteiger partial charge in [0.05, 0.1) is 12.3 Å². The summed E-state index contributed by atoms with van der Waals surface area (Å²) >= 11 is 0. The highest BCUT2D eigenvalue weighted by Gasteiger charge is 2.27. The SMILES string of the molecule is CCc1c(C(=O)N2CCOc3ccc(-c4ccc(-n5cnnc5)cc4)cc3C2)ccc(S(=O)(=O)CC)c1F. The van der Waals surface area contributed by atoms with Crippen LogP contribution in [0.4, 0.5) is 4.39 Å². The predicted octanol–water partition coefficient (Wildman–Crippen LogP) is 4.46. The standard InChI is InChI=1S/C28H27FN4O4S/c1-3-23-24(10-12-26(27(23)29)38(35,36)4-2)28(34)32-13-14-37-25-11-7-20(15-21(25)16-32)19-5-8-22(9-6-19)33-17-30-31-18-33/h5-12,15,17-18H,3-4,13-14,16H2,1-2H3. The molecule has 196 valence electrons. The number of hydrogen-bond acceptors (Lipinski definition) is 6. The molecule has 0 saturated carbocycles. The minimum Gasteiger partial charge on any atom is -0.491 e. The molecule has 0 saturated heterocycles. The van der Waals surface area contributed by atoms with Gasteiger partial charge >= 0.3 is 0 Å². The van der Waals surface area contributed by atoms with Crippen LogP contribution < -0.4 is 4.74 Å². The third-order valence-corrected chi connectivity index (χ3v) is 8.50. The molecule has 1 amide bonds. The molecule has 0 atom stereocenters. The highest BCUT2D eigenvalue weighted by molar-refractivity contribution is 7.91. The lowest BCUT2D eigenvalue weighted by Crippen LogP contribution is -2.33. The molecule has 0 unspecified atom stereocenters. The average Bonchev–Trinajstić information content (AvgIpc) is 3.39. The Kier molecular flexibility index (Phi) is 6.98. The maximum absolute atomic E-state index is 15.2. The zero-order chi connectivity index (χ0) is 26.9. The lowest BCUT2D eigenvalue weighted by atomic mass is 10.0. The van der Waals surface area contributed by atoms with E-state index < -0.39 is 15.7 Å². The number of hydrogen-bond donors (Lipinski definition) is 0. The van der Waals surface area contributed by atoms with Crippen LogP contribution in [0, 0.1) is 5.82 Å². The van der Waals surface area contributed by atoms with Gasteiger partial charge in [-0.15, -0.1) is 10.2 Å². The molecule has 5 rings (SSSR count). The smallest absolute Gasteiger partial charge is 0.254 e. The van der Waals surface area contributed by atoms with Crippen molar-refractivity contribution in [3.63, 3.8) is 0 Å². The van der Waals surface area contributed by atoms with Crippen LogP contribution in [0.5, 0.6) is 5.75 Å². The molecule has 0 N–H and O–H groups in total. The van der Waals surface area contributed by atoms with Crippen LogP contribution in [0.25, 0.3) is 16.8 Å². The number of amides is 1. The minimum absolute atomic E-state index is 0.108. The fourth-order valence-corrected chi connectivity index (χ4v) is 5.60. The summed E-state index contributed by atoms with van der Waals surface area (Å²) in [6, 6.07) is 16.4. The first-order chi connectivity index (χ1) is 18.3. The van der Waals surface area contributed by atoms with E-state index in [0.717, 1.165) is 22.4 Å². The Morgan fingerprint density at radius 3 is 2.39 bits per heavy atom. The van der Waals surface area contributed by atoms with E-state index in [-0.39, 0.29) is 47.3 Å². The first-order valence-electron chi connectivity index (χ1n) is 12.4. The van der Waals surface area contributed by atoms with Gasteiger partial charge in [0.25, 0.3) is 5.91 Å². The molecular formula is C28H27FN4O4S. The van der Waals surface area contributed by atoms with Gasteiger partial charge in [-0.25, -0.2) is 12.8 Å². The molecule has 1 aliphatic heterocycles. The number of benzene rings is 3. The van der Waals surface area contributed by atoms with Crippen molar-refractivity contribution >= 4 is 15.7 Å². The van der Waals surface area contributed by atoms with E-state index >= 15 is 4.39 Å². The van der Waals surface area contributed by atoms with Gasteiger partial charge in [-0.3, -0.25) is 9.36 Å². The molecule has 2 heterocycles. The van der Waals surface area contributed by atoms with Gasteiger partial charge in [0.1, 0.15) is 35.7 Å². The number of halogens is 1. The van der Waals surface area contributed by atoms with Crippen LogP contribution in [0.3, 0.4) is 0 Å². The first kappa shape index (κ1) is 25.6. The Hall–Kier alpha value is -4.05. The number of nitrogens with zero attached hydrogens (tertiary/aromatic N) is 4. The van der Waals surface area contributed by atoms with Crippen molar-refractivity contribution in [2.24, 2.45) is 0 Å². The fourth-order valence-electron chi connectivity index (χ4n) is 4.62. The Bertz CT molecular complexity index is 1590. The summed E-state index contributed by atoms with van der Waals surface area (Å²) in [6.45, 7) is 4.06. The van der Waals surface area contributed by atoms with Crippen molar-refractivity contribution in [3.05, 3.63) is 89.8 Å². The Balaban J connectivity index is 1.43. The van der Waals surface area contributed by atoms with Crippen molar-refractivity contribution in [1.82, 2.24) is 19.7 Å². The molecule has 8 nitrogen and oxygen atoms in total. The number of carbonyl (C=O) groups excluding carboxylic acids is 1. The zero-order valence-electron chi connectivity index (χ0n) is 21.1. The fraction of sp³-hybridized carbons (Fsp3) is 0.250. The van der Waals surface area contributed by atoms with Gasteiger partial charge in [0.15, 0.2) is 9.84 Å². The summed E-state index contributed by atoms with van der Waals surface area (Å²) in [7, 11) is -3.75. The number of carbonyl (C=O) groups is 1. The van der Waals surface area contributed by atoms with E-state index in [1.807, 2.05) is 47.0 Å². The Morgan fingerprint density at radius 2 is 1.71 bits per heavy atom. The quantitative estimate of drug-likeness (QED) is 0.363. The number of rotatable bonds is 6. The highest BCUT2D eigenvalue weighted by atomic mass is 32.2. The summed E-state index contributed by atoms with van der Waals surface area (Å²) in [5, 5.41) is 7.67. The molecule has 4 aromatic rings. The molecular weight excluding hydrogens is 507 g/mol. The average molecular weight is 535 g/mol. The lowest BCUT2D eigenvalue weighted by molar-refractivity contribution is 0.0731. The highest BCUT2D eigenvalue weighted by Crippen LogP contribution is 2.31. The van der Waals surface area contributed by atoms with E-state index in [1.165, 1.54) is 19.1 Å². The van der Waals surface area contributed by atoms with Crippen molar-refractivity contribution < 1.29 is 22.3 Å². The van der Waals surface area contributed by atoms with Crippen LogP contribution in [-0.4, -0.2) is 52.9 Å². The number of ether oxygens (including phenoxy) is 1. The van der Waals surface area contributed by atoms with Crippen LogP contribution in [0.2, 0.25) is 0 Å². The summed E-state index contributed by atoms with van der Waals surface area (Å²) < 4.78 is 47.6. The Morgan fingerprint density at radius 1 is 1.00 bits per heavy atom. The maximum atomic E-state index is 15.2. The van der Waals surface area contributed by atoms with Gasteiger partial charge < -0.3 is 9.64 Å². The molecule has 0 spiro atoms. The maximum Gasteiger partial charge on any atom is 0.254 e. The monoisotopic (exact) mass is 534 g/mol. The second-order valence-corrected chi connectivity index (χ2v) is 11.2. The van der Waals surface area contributed by atoms with E-state index in [9.17, 15) is 13.2 Å². The van der Waals surface area contributed by atoms with Gasteiger partial charge in [0, 0.05) is 28.9 Å². The minimum atomic E-state index is -3.75. The first-order valence-corrected chi connectivity index (χ1v) is 14.0. The van der Waals surface area contributed by atoms with Crippen LogP contribution in [0.15, 0.2) is 72.1 Å². The third kappa shape index (κ3) is 4.79. The lowest BCUT2D eigenvalue weighted by Gasteiger charge is -2.22. The second kappa shape index (κ2) is 10.4. The van der Waals surface area contributed by atoms with E-state index in [4.69, 9.17) is 4.74 Å². The summed E-state index contributed by atoms with van der Waals surface area (Å²) in [4.78, 5) is 14.8. The zero-order valence-corrected chi connectivity index (χ0v) is 21.9. The van der Waals surface area contributed by atoms with Gasteiger partial charge in [-0.2, -0.15) is 0 Å². The molecule has 1 aliphatic rings. The van der Waals surface area contributed by atoms with Gasteiger partial charge in [0.2, 0.25) is 0 Å². The molecule has 10 heteroatoms. The molecule has 0 radical (unpaired) electrons. The van der Waals surface area contributed by atoms with Gasteiger partial charge in [-0.1, -0.05) is 32.0 Å².